The molecule has 1 amide bonds. The smallest absolute Gasteiger partial charge is 0.247 e. The van der Waals surface area contributed by atoms with Crippen molar-refractivity contribution in [2.24, 2.45) is 0 Å². The highest BCUT2D eigenvalue weighted by Crippen LogP contribution is 2.25. The quantitative estimate of drug-likeness (QED) is 0.614. The van der Waals surface area contributed by atoms with Crippen LogP contribution in [-0.4, -0.2) is 22.3 Å². The molecule has 128 valence electrons. The van der Waals surface area contributed by atoms with Gasteiger partial charge in [0.15, 0.2) is 0 Å². The Morgan fingerprint density at radius 3 is 2.62 bits per heavy atom. The average molecular weight is 343 g/mol. The highest BCUT2D eigenvalue weighted by Gasteiger charge is 2.21. The van der Waals surface area contributed by atoms with Gasteiger partial charge in [-0.1, -0.05) is 50.6 Å². The summed E-state index contributed by atoms with van der Waals surface area (Å²) in [6.45, 7) is 7.04. The molecule has 0 aliphatic carbocycles. The van der Waals surface area contributed by atoms with Crippen LogP contribution >= 0.6 is 11.3 Å². The summed E-state index contributed by atoms with van der Waals surface area (Å²) >= 11 is 1.60. The molecular weight excluding hydrogens is 316 g/mol. The molecule has 2 aromatic rings. The van der Waals surface area contributed by atoms with Gasteiger partial charge < -0.3 is 4.90 Å². The molecule has 3 nitrogen and oxygen atoms in total. The van der Waals surface area contributed by atoms with E-state index in [1.807, 2.05) is 41.5 Å². The summed E-state index contributed by atoms with van der Waals surface area (Å²) in [4.78, 5) is 19.2. The minimum absolute atomic E-state index is 0.0600. The fourth-order valence-corrected chi connectivity index (χ4v) is 3.35. The number of benzene rings is 1. The van der Waals surface area contributed by atoms with Crippen LogP contribution in [0.1, 0.15) is 55.4 Å². The lowest BCUT2D eigenvalue weighted by atomic mass is 10.0. The molecule has 0 fully saturated rings. The van der Waals surface area contributed by atoms with Crippen LogP contribution in [-0.2, 0) is 4.79 Å². The summed E-state index contributed by atoms with van der Waals surface area (Å²) in [7, 11) is 0. The lowest BCUT2D eigenvalue weighted by molar-refractivity contribution is -0.128. The van der Waals surface area contributed by atoms with E-state index >= 15 is 0 Å². The van der Waals surface area contributed by atoms with Crippen molar-refractivity contribution in [3.8, 4) is 0 Å². The van der Waals surface area contributed by atoms with Crippen molar-refractivity contribution in [1.29, 1.82) is 0 Å². The Labute approximate surface area is 149 Å². The zero-order valence-electron chi connectivity index (χ0n) is 14.7. The highest BCUT2D eigenvalue weighted by molar-refractivity contribution is 7.09. The van der Waals surface area contributed by atoms with Crippen LogP contribution in [0.3, 0.4) is 0 Å². The molecule has 24 heavy (non-hydrogen) atoms. The molecule has 0 bridgehead atoms. The molecule has 0 spiro atoms. The van der Waals surface area contributed by atoms with Gasteiger partial charge in [0.2, 0.25) is 5.91 Å². The molecule has 0 N–H and O–H groups in total. The van der Waals surface area contributed by atoms with Gasteiger partial charge >= 0.3 is 0 Å². The molecule has 0 saturated carbocycles. The second-order valence-electron chi connectivity index (χ2n) is 5.84. The number of amides is 1. The van der Waals surface area contributed by atoms with E-state index in [1.54, 1.807) is 17.4 Å². The standard InChI is InChI=1S/C20H26N2OS/c1-4-6-14-22(19(5-2)17-10-8-7-9-11-17)20(23)13-12-18-15-24-16(3)21-18/h7-13,15,19H,4-6,14H2,1-3H3/b13-12-/t19-/m0/s1. The van der Waals surface area contributed by atoms with Crippen LogP contribution in [0.2, 0.25) is 0 Å². The minimum Gasteiger partial charge on any atom is -0.332 e. The van der Waals surface area contributed by atoms with Crippen molar-refractivity contribution >= 4 is 23.3 Å². The topological polar surface area (TPSA) is 33.2 Å². The fourth-order valence-electron chi connectivity index (χ4n) is 2.77. The third-order valence-corrected chi connectivity index (χ3v) is 4.81. The zero-order valence-corrected chi connectivity index (χ0v) is 15.6. The summed E-state index contributed by atoms with van der Waals surface area (Å²) in [5.74, 6) is 0.0600. The van der Waals surface area contributed by atoms with Crippen LogP contribution in [0.25, 0.3) is 6.08 Å². The van der Waals surface area contributed by atoms with Crippen molar-refractivity contribution in [1.82, 2.24) is 9.88 Å². The summed E-state index contributed by atoms with van der Waals surface area (Å²) in [5, 5.41) is 2.99. The van der Waals surface area contributed by atoms with Crippen molar-refractivity contribution in [2.45, 2.75) is 46.1 Å². The van der Waals surface area contributed by atoms with E-state index in [0.29, 0.717) is 0 Å². The predicted molar refractivity (Wildman–Crippen MR) is 102 cm³/mol. The first-order valence-corrected chi connectivity index (χ1v) is 9.49. The Morgan fingerprint density at radius 2 is 2.04 bits per heavy atom. The van der Waals surface area contributed by atoms with Gasteiger partial charge in [-0.15, -0.1) is 11.3 Å². The normalized spacial score (nSPS) is 12.5. The largest absolute Gasteiger partial charge is 0.332 e. The molecule has 0 aliphatic rings. The third-order valence-electron chi connectivity index (χ3n) is 4.02. The van der Waals surface area contributed by atoms with Crippen molar-refractivity contribution in [2.75, 3.05) is 6.54 Å². The molecule has 4 heteroatoms. The second kappa shape index (κ2) is 9.38. The number of carbonyl (C=O) groups is 1. The van der Waals surface area contributed by atoms with Gasteiger partial charge in [-0.2, -0.15) is 0 Å². The van der Waals surface area contributed by atoms with Crippen LogP contribution < -0.4 is 0 Å². The number of carbonyl (C=O) groups excluding carboxylic acids is 1. The Kier molecular flexibility index (Phi) is 7.19. The van der Waals surface area contributed by atoms with Crippen LogP contribution in [0.5, 0.6) is 0 Å². The fraction of sp³-hybridized carbons (Fsp3) is 0.400. The van der Waals surface area contributed by atoms with Crippen molar-refractivity contribution < 1.29 is 4.79 Å². The summed E-state index contributed by atoms with van der Waals surface area (Å²) in [6, 6.07) is 10.4. The molecule has 2 rings (SSSR count). The maximum atomic E-state index is 12.8. The molecule has 0 radical (unpaired) electrons. The summed E-state index contributed by atoms with van der Waals surface area (Å²) < 4.78 is 0. The van der Waals surface area contributed by atoms with Crippen molar-refractivity contribution in [3.63, 3.8) is 0 Å². The SMILES string of the molecule is CCCCN(C(=O)/C=C\c1csc(C)n1)[C@@H](CC)c1ccccc1. The van der Waals surface area contributed by atoms with E-state index in [9.17, 15) is 4.79 Å². The average Bonchev–Trinajstić information content (AvgIpc) is 3.02. The highest BCUT2D eigenvalue weighted by atomic mass is 32.1. The summed E-state index contributed by atoms with van der Waals surface area (Å²) in [5.41, 5.74) is 2.05. The molecule has 1 atom stereocenters. The Bertz CT molecular complexity index is 663. The van der Waals surface area contributed by atoms with Gasteiger partial charge in [-0.25, -0.2) is 4.98 Å². The number of hydrogen-bond acceptors (Lipinski definition) is 3. The van der Waals surface area contributed by atoms with Gasteiger partial charge in [0.05, 0.1) is 16.7 Å². The second-order valence-corrected chi connectivity index (χ2v) is 6.91. The van der Waals surface area contributed by atoms with Crippen LogP contribution in [0, 0.1) is 6.92 Å². The maximum Gasteiger partial charge on any atom is 0.247 e. The Hall–Kier alpha value is -1.94. The van der Waals surface area contributed by atoms with Gasteiger partial charge in [-0.3, -0.25) is 4.79 Å². The molecular formula is C20H26N2OS. The lowest BCUT2D eigenvalue weighted by Gasteiger charge is -2.31. The van der Waals surface area contributed by atoms with E-state index in [2.05, 4.69) is 31.0 Å². The monoisotopic (exact) mass is 342 g/mol. The molecule has 1 aromatic heterocycles. The van der Waals surface area contributed by atoms with Gasteiger partial charge in [0, 0.05) is 18.0 Å². The Morgan fingerprint density at radius 1 is 1.29 bits per heavy atom. The number of aryl methyl sites for hydroxylation is 1. The molecule has 1 aromatic carbocycles. The lowest BCUT2D eigenvalue weighted by Crippen LogP contribution is -2.34. The third kappa shape index (κ3) is 5.03. The summed E-state index contributed by atoms with van der Waals surface area (Å²) in [6.07, 6.45) is 6.48. The van der Waals surface area contributed by atoms with Gasteiger partial charge in [-0.05, 0) is 31.4 Å². The van der Waals surface area contributed by atoms with Crippen LogP contribution in [0.15, 0.2) is 41.8 Å². The number of hydrogen-bond donors (Lipinski definition) is 0. The van der Waals surface area contributed by atoms with E-state index in [-0.39, 0.29) is 11.9 Å². The number of nitrogens with zero attached hydrogens (tertiary/aromatic N) is 2. The first kappa shape index (κ1) is 18.4. The van der Waals surface area contributed by atoms with Crippen molar-refractivity contribution in [3.05, 3.63) is 58.1 Å². The maximum absolute atomic E-state index is 12.8. The van der Waals surface area contributed by atoms with Gasteiger partial charge in [0.25, 0.3) is 0 Å². The molecule has 0 aliphatic heterocycles. The molecule has 1 heterocycles. The first-order chi connectivity index (χ1) is 11.7. The van der Waals surface area contributed by atoms with Gasteiger partial charge in [0.1, 0.15) is 0 Å². The van der Waals surface area contributed by atoms with E-state index in [0.717, 1.165) is 36.5 Å². The number of rotatable bonds is 8. The minimum atomic E-state index is 0.0600. The first-order valence-electron chi connectivity index (χ1n) is 8.61. The van der Waals surface area contributed by atoms with E-state index < -0.39 is 0 Å². The van der Waals surface area contributed by atoms with Crippen LogP contribution in [0.4, 0.5) is 0 Å². The predicted octanol–water partition coefficient (Wildman–Crippen LogP) is 5.24. The molecule has 0 saturated heterocycles. The Balaban J connectivity index is 2.19. The number of unbranched alkanes of at least 4 members (excludes halogenated alkanes) is 1. The van der Waals surface area contributed by atoms with E-state index in [4.69, 9.17) is 0 Å². The zero-order chi connectivity index (χ0) is 17.4. The van der Waals surface area contributed by atoms with E-state index in [1.165, 1.54) is 5.56 Å². The molecule has 0 unspecified atom stereocenters. The number of thiazole rings is 1. The number of aromatic nitrogens is 1.